The highest BCUT2D eigenvalue weighted by molar-refractivity contribution is 5.50. The molecular weight excluding hydrogens is 176 g/mol. The van der Waals surface area contributed by atoms with Crippen LogP contribution in [0.5, 0.6) is 5.75 Å². The lowest BCUT2D eigenvalue weighted by Crippen LogP contribution is -1.94. The van der Waals surface area contributed by atoms with Crippen molar-refractivity contribution in [2.75, 3.05) is 7.11 Å². The zero-order valence-corrected chi connectivity index (χ0v) is 8.86. The van der Waals surface area contributed by atoms with E-state index >= 15 is 0 Å². The first-order chi connectivity index (χ1) is 6.72. The first kappa shape index (κ1) is 10.6. The summed E-state index contributed by atoms with van der Waals surface area (Å²) < 4.78 is 10.4. The van der Waals surface area contributed by atoms with Gasteiger partial charge in [-0.15, -0.1) is 0 Å². The van der Waals surface area contributed by atoms with Crippen molar-refractivity contribution in [3.05, 3.63) is 36.1 Å². The number of hydrogen-bond donors (Lipinski definition) is 0. The van der Waals surface area contributed by atoms with Gasteiger partial charge in [0, 0.05) is 0 Å². The van der Waals surface area contributed by atoms with Gasteiger partial charge in [0.05, 0.1) is 19.5 Å². The molecule has 1 aromatic carbocycles. The van der Waals surface area contributed by atoms with Crippen LogP contribution in [0.1, 0.15) is 19.4 Å². The van der Waals surface area contributed by atoms with E-state index in [9.17, 15) is 0 Å². The van der Waals surface area contributed by atoms with E-state index in [1.165, 1.54) is 0 Å². The Morgan fingerprint density at radius 2 is 2.07 bits per heavy atom. The van der Waals surface area contributed by atoms with Crippen molar-refractivity contribution < 1.29 is 9.47 Å². The molecule has 76 valence electrons. The van der Waals surface area contributed by atoms with Crippen molar-refractivity contribution >= 4 is 6.08 Å². The third-order valence-electron chi connectivity index (χ3n) is 1.71. The van der Waals surface area contributed by atoms with E-state index in [0.29, 0.717) is 0 Å². The van der Waals surface area contributed by atoms with E-state index in [2.05, 4.69) is 0 Å². The maximum atomic E-state index is 5.30. The minimum atomic E-state index is 0.219. The summed E-state index contributed by atoms with van der Waals surface area (Å²) in [4.78, 5) is 0. The number of methoxy groups -OCH3 is 1. The Bertz CT molecular complexity index is 303. The monoisotopic (exact) mass is 192 g/mol. The van der Waals surface area contributed by atoms with E-state index in [1.54, 1.807) is 13.4 Å². The Kier molecular flexibility index (Phi) is 4.05. The Labute approximate surface area is 85.2 Å². The molecule has 0 N–H and O–H groups in total. The molecule has 0 aliphatic carbocycles. The average molecular weight is 192 g/mol. The molecule has 0 aliphatic heterocycles. The van der Waals surface area contributed by atoms with Gasteiger partial charge in [0.1, 0.15) is 5.75 Å². The van der Waals surface area contributed by atoms with Crippen molar-refractivity contribution in [2.45, 2.75) is 20.0 Å². The summed E-state index contributed by atoms with van der Waals surface area (Å²) in [5.41, 5.74) is 1.07. The molecule has 0 atom stereocenters. The van der Waals surface area contributed by atoms with Gasteiger partial charge in [-0.3, -0.25) is 0 Å². The van der Waals surface area contributed by atoms with E-state index in [-0.39, 0.29) is 6.10 Å². The molecule has 0 saturated carbocycles. The van der Waals surface area contributed by atoms with Crippen LogP contribution in [-0.4, -0.2) is 13.2 Å². The molecule has 0 unspecified atom stereocenters. The van der Waals surface area contributed by atoms with Gasteiger partial charge in [0.15, 0.2) is 0 Å². The van der Waals surface area contributed by atoms with Crippen LogP contribution in [0.3, 0.4) is 0 Å². The molecule has 0 radical (unpaired) electrons. The average Bonchev–Trinajstić information content (AvgIpc) is 2.18. The van der Waals surface area contributed by atoms with Gasteiger partial charge < -0.3 is 9.47 Å². The zero-order chi connectivity index (χ0) is 10.4. The highest BCUT2D eigenvalue weighted by Crippen LogP contribution is 2.13. The summed E-state index contributed by atoms with van der Waals surface area (Å²) in [6.07, 6.45) is 3.85. The minimum Gasteiger partial charge on any atom is -0.499 e. The van der Waals surface area contributed by atoms with Crippen LogP contribution in [0.15, 0.2) is 30.5 Å². The Hall–Kier alpha value is -1.44. The van der Waals surface area contributed by atoms with Gasteiger partial charge in [-0.25, -0.2) is 0 Å². The lowest BCUT2D eigenvalue weighted by molar-refractivity contribution is 0.181. The van der Waals surface area contributed by atoms with Crippen molar-refractivity contribution in [2.24, 2.45) is 0 Å². The number of hydrogen-bond acceptors (Lipinski definition) is 2. The van der Waals surface area contributed by atoms with E-state index in [0.717, 1.165) is 11.3 Å². The molecular formula is C12H16O2. The van der Waals surface area contributed by atoms with Crippen LogP contribution < -0.4 is 4.74 Å². The van der Waals surface area contributed by atoms with Gasteiger partial charge in [0.25, 0.3) is 0 Å². The summed E-state index contributed by atoms with van der Waals surface area (Å²) in [6.45, 7) is 3.99. The third kappa shape index (κ3) is 3.52. The molecule has 0 bridgehead atoms. The van der Waals surface area contributed by atoms with Crippen molar-refractivity contribution in [3.63, 3.8) is 0 Å². The summed E-state index contributed by atoms with van der Waals surface area (Å²) >= 11 is 0. The van der Waals surface area contributed by atoms with Crippen LogP contribution in [0.2, 0.25) is 0 Å². The maximum Gasteiger partial charge on any atom is 0.119 e. The predicted octanol–water partition coefficient (Wildman–Crippen LogP) is 3.09. The fourth-order valence-electron chi connectivity index (χ4n) is 1.02. The molecule has 0 spiro atoms. The topological polar surface area (TPSA) is 18.5 Å². The van der Waals surface area contributed by atoms with E-state index < -0.39 is 0 Å². The SMILES string of the molecule is COc1cccc(C=COC(C)C)c1. The predicted molar refractivity (Wildman–Crippen MR) is 58.2 cm³/mol. The molecule has 14 heavy (non-hydrogen) atoms. The van der Waals surface area contributed by atoms with Gasteiger partial charge >= 0.3 is 0 Å². The normalized spacial score (nSPS) is 10.9. The second-order valence-corrected chi connectivity index (χ2v) is 3.26. The highest BCUT2D eigenvalue weighted by atomic mass is 16.5. The Morgan fingerprint density at radius 1 is 1.29 bits per heavy atom. The highest BCUT2D eigenvalue weighted by Gasteiger charge is 1.91. The summed E-state index contributed by atoms with van der Waals surface area (Å²) in [5.74, 6) is 0.858. The van der Waals surface area contributed by atoms with Crippen molar-refractivity contribution in [1.82, 2.24) is 0 Å². The largest absolute Gasteiger partial charge is 0.499 e. The summed E-state index contributed by atoms with van der Waals surface area (Å²) in [5, 5.41) is 0. The summed E-state index contributed by atoms with van der Waals surface area (Å²) in [7, 11) is 1.66. The second kappa shape index (κ2) is 5.32. The standard InChI is InChI=1S/C12H16O2/c1-10(2)14-8-7-11-5-4-6-12(9-11)13-3/h4-10H,1-3H3. The van der Waals surface area contributed by atoms with Gasteiger partial charge in [-0.05, 0) is 37.6 Å². The molecule has 0 heterocycles. The molecule has 0 amide bonds. The minimum absolute atomic E-state index is 0.219. The molecule has 2 nitrogen and oxygen atoms in total. The van der Waals surface area contributed by atoms with Crippen LogP contribution in [0.4, 0.5) is 0 Å². The number of ether oxygens (including phenoxy) is 2. The van der Waals surface area contributed by atoms with Crippen LogP contribution in [-0.2, 0) is 4.74 Å². The van der Waals surface area contributed by atoms with Gasteiger partial charge in [0.2, 0.25) is 0 Å². The molecule has 1 rings (SSSR count). The Balaban J connectivity index is 2.62. The van der Waals surface area contributed by atoms with Crippen LogP contribution >= 0.6 is 0 Å². The molecule has 0 fully saturated rings. The zero-order valence-electron chi connectivity index (χ0n) is 8.86. The third-order valence-corrected chi connectivity index (χ3v) is 1.71. The number of rotatable bonds is 4. The second-order valence-electron chi connectivity index (χ2n) is 3.26. The van der Waals surface area contributed by atoms with E-state index in [4.69, 9.17) is 9.47 Å². The fourth-order valence-corrected chi connectivity index (χ4v) is 1.02. The fraction of sp³-hybridized carbons (Fsp3) is 0.333. The van der Waals surface area contributed by atoms with E-state index in [1.807, 2.05) is 44.2 Å². The molecule has 1 aromatic rings. The first-order valence-electron chi connectivity index (χ1n) is 4.68. The van der Waals surface area contributed by atoms with Crippen molar-refractivity contribution in [3.8, 4) is 5.75 Å². The maximum absolute atomic E-state index is 5.30. The van der Waals surface area contributed by atoms with Crippen molar-refractivity contribution in [1.29, 1.82) is 0 Å². The molecule has 0 saturated heterocycles. The Morgan fingerprint density at radius 3 is 2.71 bits per heavy atom. The smallest absolute Gasteiger partial charge is 0.119 e. The lowest BCUT2D eigenvalue weighted by atomic mass is 10.2. The quantitative estimate of drug-likeness (QED) is 0.682. The molecule has 2 heteroatoms. The number of benzene rings is 1. The lowest BCUT2D eigenvalue weighted by Gasteiger charge is -2.03. The summed E-state index contributed by atoms with van der Waals surface area (Å²) in [6, 6.07) is 7.83. The molecule has 0 aliphatic rings. The van der Waals surface area contributed by atoms with Crippen LogP contribution in [0.25, 0.3) is 6.08 Å². The van der Waals surface area contributed by atoms with Gasteiger partial charge in [-0.1, -0.05) is 12.1 Å². The first-order valence-corrected chi connectivity index (χ1v) is 4.68. The van der Waals surface area contributed by atoms with Crippen LogP contribution in [0, 0.1) is 0 Å². The van der Waals surface area contributed by atoms with Gasteiger partial charge in [-0.2, -0.15) is 0 Å². The molecule has 0 aromatic heterocycles.